The van der Waals surface area contributed by atoms with Crippen molar-refractivity contribution in [3.63, 3.8) is 0 Å². The summed E-state index contributed by atoms with van der Waals surface area (Å²) < 4.78 is 0. The van der Waals surface area contributed by atoms with Gasteiger partial charge in [-0.3, -0.25) is 9.59 Å². The molecule has 24 heavy (non-hydrogen) atoms. The van der Waals surface area contributed by atoms with Crippen LogP contribution in [-0.2, 0) is 4.79 Å². The van der Waals surface area contributed by atoms with Crippen molar-refractivity contribution in [2.45, 2.75) is 32.6 Å². The zero-order valence-electron chi connectivity index (χ0n) is 14.0. The smallest absolute Gasteiger partial charge is 0.335 e. The minimum absolute atomic E-state index is 0.0510. The highest BCUT2D eigenvalue weighted by molar-refractivity contribution is 5.97. The first kappa shape index (κ1) is 18.0. The van der Waals surface area contributed by atoms with E-state index in [0.717, 1.165) is 19.3 Å². The molecule has 6 nitrogen and oxygen atoms in total. The van der Waals surface area contributed by atoms with Crippen LogP contribution in [0.2, 0.25) is 0 Å². The van der Waals surface area contributed by atoms with Crippen molar-refractivity contribution in [3.05, 3.63) is 35.4 Å². The van der Waals surface area contributed by atoms with Crippen molar-refractivity contribution in [3.8, 4) is 0 Å². The fourth-order valence-electron chi connectivity index (χ4n) is 2.96. The quantitative estimate of drug-likeness (QED) is 0.836. The van der Waals surface area contributed by atoms with Gasteiger partial charge in [0.25, 0.3) is 5.91 Å². The fourth-order valence-corrected chi connectivity index (χ4v) is 2.96. The number of amides is 2. The Morgan fingerprint density at radius 3 is 2.75 bits per heavy atom. The molecule has 1 aromatic rings. The van der Waals surface area contributed by atoms with E-state index in [1.54, 1.807) is 17.0 Å². The van der Waals surface area contributed by atoms with Gasteiger partial charge in [0.2, 0.25) is 5.91 Å². The number of carbonyl (C=O) groups is 3. The molecule has 0 aliphatic carbocycles. The maximum atomic E-state index is 12.6. The van der Waals surface area contributed by atoms with E-state index < -0.39 is 5.97 Å². The number of hydrogen-bond acceptors (Lipinski definition) is 3. The highest BCUT2D eigenvalue weighted by atomic mass is 16.4. The number of carboxylic acids is 1. The van der Waals surface area contributed by atoms with Crippen molar-refractivity contribution in [1.82, 2.24) is 10.2 Å². The number of piperidine rings is 1. The molecule has 130 valence electrons. The van der Waals surface area contributed by atoms with Crippen LogP contribution in [0.5, 0.6) is 0 Å². The Kier molecular flexibility index (Phi) is 6.35. The first-order valence-electron chi connectivity index (χ1n) is 8.40. The molecule has 0 radical (unpaired) electrons. The highest BCUT2D eigenvalue weighted by Gasteiger charge is 2.25. The third-order valence-corrected chi connectivity index (χ3v) is 4.23. The Labute approximate surface area is 141 Å². The zero-order valence-corrected chi connectivity index (χ0v) is 14.0. The van der Waals surface area contributed by atoms with E-state index in [0.29, 0.717) is 31.6 Å². The van der Waals surface area contributed by atoms with Crippen molar-refractivity contribution >= 4 is 17.8 Å². The van der Waals surface area contributed by atoms with Gasteiger partial charge >= 0.3 is 5.97 Å². The molecule has 1 heterocycles. The van der Waals surface area contributed by atoms with Crippen molar-refractivity contribution in [2.24, 2.45) is 5.92 Å². The Balaban J connectivity index is 1.96. The number of aromatic carboxylic acids is 1. The van der Waals surface area contributed by atoms with Gasteiger partial charge in [-0.05, 0) is 43.4 Å². The number of nitrogens with zero attached hydrogens (tertiary/aromatic N) is 1. The van der Waals surface area contributed by atoms with Gasteiger partial charge < -0.3 is 15.3 Å². The van der Waals surface area contributed by atoms with Crippen LogP contribution in [0.4, 0.5) is 0 Å². The number of benzene rings is 1. The number of carbonyl (C=O) groups excluding carboxylic acids is 2. The van der Waals surface area contributed by atoms with Gasteiger partial charge in [-0.25, -0.2) is 4.79 Å². The van der Waals surface area contributed by atoms with Gasteiger partial charge in [0.1, 0.15) is 0 Å². The summed E-state index contributed by atoms with van der Waals surface area (Å²) in [7, 11) is 0. The van der Waals surface area contributed by atoms with Crippen LogP contribution in [-0.4, -0.2) is 47.4 Å². The first-order chi connectivity index (χ1) is 11.5. The molecule has 2 rings (SSSR count). The summed E-state index contributed by atoms with van der Waals surface area (Å²) in [4.78, 5) is 37.0. The normalized spacial score (nSPS) is 17.4. The Hall–Kier alpha value is -2.37. The molecule has 1 saturated heterocycles. The van der Waals surface area contributed by atoms with E-state index in [1.165, 1.54) is 12.1 Å². The van der Waals surface area contributed by atoms with E-state index in [-0.39, 0.29) is 23.3 Å². The number of hydrogen-bond donors (Lipinski definition) is 2. The van der Waals surface area contributed by atoms with Crippen LogP contribution in [0.1, 0.15) is 53.3 Å². The molecule has 1 atom stereocenters. The zero-order chi connectivity index (χ0) is 17.5. The summed E-state index contributed by atoms with van der Waals surface area (Å²) >= 11 is 0. The molecule has 2 amide bonds. The highest BCUT2D eigenvalue weighted by Crippen LogP contribution is 2.19. The predicted molar refractivity (Wildman–Crippen MR) is 89.9 cm³/mol. The molecule has 0 bridgehead atoms. The molecule has 0 saturated carbocycles. The third kappa shape index (κ3) is 4.81. The van der Waals surface area contributed by atoms with Crippen molar-refractivity contribution < 1.29 is 19.5 Å². The maximum absolute atomic E-state index is 12.6. The lowest BCUT2D eigenvalue weighted by molar-refractivity contribution is -0.121. The molecule has 1 fully saturated rings. The second-order valence-corrected chi connectivity index (χ2v) is 6.20. The molecule has 6 heteroatoms. The van der Waals surface area contributed by atoms with E-state index in [1.807, 2.05) is 6.92 Å². The molecule has 1 aliphatic rings. The molecule has 0 aromatic heterocycles. The summed E-state index contributed by atoms with van der Waals surface area (Å²) in [5.41, 5.74) is 0.506. The molecule has 0 spiro atoms. The number of likely N-dealkylation sites (tertiary alicyclic amines) is 1. The summed E-state index contributed by atoms with van der Waals surface area (Å²) in [5, 5.41) is 12.0. The van der Waals surface area contributed by atoms with Gasteiger partial charge in [0.05, 0.1) is 5.56 Å². The lowest BCUT2D eigenvalue weighted by Crippen LogP contribution is -2.43. The molecule has 1 aliphatic heterocycles. The van der Waals surface area contributed by atoms with Crippen LogP contribution in [0.25, 0.3) is 0 Å². The predicted octanol–water partition coefficient (Wildman–Crippen LogP) is 2.15. The summed E-state index contributed by atoms with van der Waals surface area (Å²) in [6.07, 6.45) is 3.21. The maximum Gasteiger partial charge on any atom is 0.335 e. The minimum Gasteiger partial charge on any atom is -0.478 e. The minimum atomic E-state index is -1.04. The van der Waals surface area contributed by atoms with E-state index >= 15 is 0 Å². The fraction of sp³-hybridized carbons (Fsp3) is 0.500. The van der Waals surface area contributed by atoms with E-state index in [2.05, 4.69) is 5.32 Å². The Morgan fingerprint density at radius 2 is 2.04 bits per heavy atom. The molecule has 1 unspecified atom stereocenters. The third-order valence-electron chi connectivity index (χ3n) is 4.23. The van der Waals surface area contributed by atoms with Crippen molar-refractivity contribution in [1.29, 1.82) is 0 Å². The molecule has 2 N–H and O–H groups in total. The molecule has 1 aromatic carbocycles. The lowest BCUT2D eigenvalue weighted by Gasteiger charge is -2.33. The van der Waals surface area contributed by atoms with Gasteiger partial charge in [-0.1, -0.05) is 13.0 Å². The number of rotatable bonds is 6. The SMILES string of the molecule is CCCC(=O)NCC1CCCN(C(=O)c2cccc(C(=O)O)c2)C1. The van der Waals surface area contributed by atoms with E-state index in [9.17, 15) is 14.4 Å². The first-order valence-corrected chi connectivity index (χ1v) is 8.40. The topological polar surface area (TPSA) is 86.7 Å². The summed E-state index contributed by atoms with van der Waals surface area (Å²) in [6, 6.07) is 6.11. The number of nitrogens with one attached hydrogen (secondary N) is 1. The second kappa shape index (κ2) is 8.47. The Bertz CT molecular complexity index is 615. The van der Waals surface area contributed by atoms with Crippen LogP contribution >= 0.6 is 0 Å². The summed E-state index contributed by atoms with van der Waals surface area (Å²) in [6.45, 7) is 3.79. The van der Waals surface area contributed by atoms with Crippen LogP contribution in [0, 0.1) is 5.92 Å². The van der Waals surface area contributed by atoms with E-state index in [4.69, 9.17) is 5.11 Å². The average Bonchev–Trinajstić information content (AvgIpc) is 2.60. The second-order valence-electron chi connectivity index (χ2n) is 6.20. The summed E-state index contributed by atoms with van der Waals surface area (Å²) in [5.74, 6) is -0.899. The standard InChI is InChI=1S/C18H24N2O4/c1-2-5-16(21)19-11-13-6-4-9-20(12-13)17(22)14-7-3-8-15(10-14)18(23)24/h3,7-8,10,13H,2,4-6,9,11-12H2,1H3,(H,19,21)(H,23,24). The molecular weight excluding hydrogens is 308 g/mol. The number of carboxylic acid groups (broad SMARTS) is 1. The van der Waals surface area contributed by atoms with Gasteiger partial charge in [-0.2, -0.15) is 0 Å². The lowest BCUT2D eigenvalue weighted by atomic mass is 9.97. The largest absolute Gasteiger partial charge is 0.478 e. The van der Waals surface area contributed by atoms with Gasteiger partial charge in [0, 0.05) is 31.6 Å². The van der Waals surface area contributed by atoms with Gasteiger partial charge in [0.15, 0.2) is 0 Å². The van der Waals surface area contributed by atoms with Crippen molar-refractivity contribution in [2.75, 3.05) is 19.6 Å². The van der Waals surface area contributed by atoms with Crippen LogP contribution in [0.15, 0.2) is 24.3 Å². The Morgan fingerprint density at radius 1 is 1.29 bits per heavy atom. The van der Waals surface area contributed by atoms with Crippen LogP contribution in [0.3, 0.4) is 0 Å². The monoisotopic (exact) mass is 332 g/mol. The van der Waals surface area contributed by atoms with Crippen LogP contribution < -0.4 is 5.32 Å². The molecular formula is C18H24N2O4. The van der Waals surface area contributed by atoms with Gasteiger partial charge in [-0.15, -0.1) is 0 Å². The average molecular weight is 332 g/mol.